The molecule has 0 spiro atoms. The molecule has 1 aromatic carbocycles. The van der Waals surface area contributed by atoms with E-state index in [-0.39, 0.29) is 17.7 Å². The van der Waals surface area contributed by atoms with E-state index in [2.05, 4.69) is 4.74 Å². The van der Waals surface area contributed by atoms with Gasteiger partial charge >= 0.3 is 12.6 Å². The zero-order valence-electron chi connectivity index (χ0n) is 8.48. The highest BCUT2D eigenvalue weighted by Crippen LogP contribution is 2.28. The summed E-state index contributed by atoms with van der Waals surface area (Å²) in [4.78, 5) is 10.9. The van der Waals surface area contributed by atoms with Gasteiger partial charge in [0.2, 0.25) is 0 Å². The Balaban J connectivity index is 3.48. The highest BCUT2D eigenvalue weighted by molar-refractivity contribution is 5.94. The molecule has 17 heavy (non-hydrogen) atoms. The lowest BCUT2D eigenvalue weighted by molar-refractivity contribution is -0.0509. The second-order valence-corrected chi connectivity index (χ2v) is 2.98. The number of benzene rings is 1. The number of aromatic carboxylic acids is 1. The average molecular weight is 242 g/mol. The van der Waals surface area contributed by atoms with Gasteiger partial charge in [-0.05, 0) is 6.07 Å². The second kappa shape index (κ2) is 5.23. The second-order valence-electron chi connectivity index (χ2n) is 2.98. The number of carboxylic acid groups (broad SMARTS) is 1. The monoisotopic (exact) mass is 242 g/mol. The van der Waals surface area contributed by atoms with Crippen molar-refractivity contribution in [2.45, 2.75) is 13.2 Å². The highest BCUT2D eigenvalue weighted by Gasteiger charge is 2.22. The molecule has 1 aromatic rings. The molecule has 0 saturated heterocycles. The van der Waals surface area contributed by atoms with E-state index in [0.717, 1.165) is 0 Å². The molecule has 90 valence electrons. The van der Waals surface area contributed by atoms with Gasteiger partial charge in [-0.15, -0.1) is 0 Å². The number of nitrogens with zero attached hydrogens (tertiary/aromatic N) is 1. The summed E-state index contributed by atoms with van der Waals surface area (Å²) in [6, 6.07) is 4.07. The molecule has 1 rings (SSSR count). The lowest BCUT2D eigenvalue weighted by Crippen LogP contribution is -2.13. The van der Waals surface area contributed by atoms with Gasteiger partial charge in [-0.25, -0.2) is 4.79 Å². The Kier molecular flexibility index (Phi) is 3.96. The SMILES string of the molecule is N#Cc1ccc(CN)c(OC(F)F)c1C(=O)O. The summed E-state index contributed by atoms with van der Waals surface area (Å²) in [6.07, 6.45) is 0. The molecule has 0 amide bonds. The third-order valence-electron chi connectivity index (χ3n) is 2.00. The van der Waals surface area contributed by atoms with E-state index < -0.39 is 23.9 Å². The number of nitrogens with two attached hydrogens (primary N) is 1. The van der Waals surface area contributed by atoms with Gasteiger partial charge in [-0.3, -0.25) is 0 Å². The first-order valence-electron chi connectivity index (χ1n) is 4.45. The number of rotatable bonds is 4. The van der Waals surface area contributed by atoms with Crippen molar-refractivity contribution in [3.8, 4) is 11.8 Å². The highest BCUT2D eigenvalue weighted by atomic mass is 19.3. The van der Waals surface area contributed by atoms with Crippen LogP contribution in [0, 0.1) is 11.3 Å². The number of carbonyl (C=O) groups is 1. The molecule has 0 aliphatic heterocycles. The lowest BCUT2D eigenvalue weighted by atomic mass is 10.0. The van der Waals surface area contributed by atoms with E-state index >= 15 is 0 Å². The van der Waals surface area contributed by atoms with Crippen LogP contribution in [0.15, 0.2) is 12.1 Å². The molecule has 0 fully saturated rings. The molecule has 0 atom stereocenters. The Labute approximate surface area is 95.0 Å². The van der Waals surface area contributed by atoms with E-state index in [0.29, 0.717) is 0 Å². The van der Waals surface area contributed by atoms with Crippen molar-refractivity contribution in [3.63, 3.8) is 0 Å². The van der Waals surface area contributed by atoms with Crippen LogP contribution >= 0.6 is 0 Å². The smallest absolute Gasteiger partial charge is 0.387 e. The minimum Gasteiger partial charge on any atom is -0.478 e. The van der Waals surface area contributed by atoms with E-state index in [1.54, 1.807) is 6.07 Å². The lowest BCUT2D eigenvalue weighted by Gasteiger charge is -2.13. The molecule has 0 aliphatic carbocycles. The first-order chi connectivity index (χ1) is 8.01. The zero-order chi connectivity index (χ0) is 13.0. The van der Waals surface area contributed by atoms with Gasteiger partial charge in [0.25, 0.3) is 0 Å². The molecule has 5 nitrogen and oxygen atoms in total. The van der Waals surface area contributed by atoms with Crippen molar-refractivity contribution in [2.24, 2.45) is 5.73 Å². The number of hydrogen-bond donors (Lipinski definition) is 2. The Bertz CT molecular complexity index is 483. The first kappa shape index (κ1) is 12.9. The molecule has 0 saturated carbocycles. The van der Waals surface area contributed by atoms with Crippen LogP contribution in [0.1, 0.15) is 21.5 Å². The van der Waals surface area contributed by atoms with Gasteiger partial charge in [0, 0.05) is 12.1 Å². The molecule has 7 heteroatoms. The van der Waals surface area contributed by atoms with Crippen LogP contribution < -0.4 is 10.5 Å². The van der Waals surface area contributed by atoms with Gasteiger partial charge in [0.1, 0.15) is 17.4 Å². The zero-order valence-corrected chi connectivity index (χ0v) is 8.48. The maximum absolute atomic E-state index is 12.2. The van der Waals surface area contributed by atoms with E-state index in [1.165, 1.54) is 12.1 Å². The van der Waals surface area contributed by atoms with Crippen molar-refractivity contribution in [2.75, 3.05) is 0 Å². The summed E-state index contributed by atoms with van der Waals surface area (Å²) >= 11 is 0. The average Bonchev–Trinajstić information content (AvgIpc) is 2.27. The third-order valence-corrected chi connectivity index (χ3v) is 2.00. The Morgan fingerprint density at radius 1 is 1.59 bits per heavy atom. The molecule has 0 aromatic heterocycles. The van der Waals surface area contributed by atoms with Crippen LogP contribution in [0.3, 0.4) is 0 Å². The Morgan fingerprint density at radius 2 is 2.24 bits per heavy atom. The molecule has 0 heterocycles. The number of nitriles is 1. The predicted molar refractivity (Wildman–Crippen MR) is 52.6 cm³/mol. The summed E-state index contributed by atoms with van der Waals surface area (Å²) in [6.45, 7) is -3.36. The van der Waals surface area contributed by atoms with Gasteiger partial charge in [-0.2, -0.15) is 14.0 Å². The molecular formula is C10H8F2N2O3. The van der Waals surface area contributed by atoms with Crippen LogP contribution in [0.5, 0.6) is 5.75 Å². The van der Waals surface area contributed by atoms with Crippen LogP contribution in [0.4, 0.5) is 8.78 Å². The van der Waals surface area contributed by atoms with Crippen LogP contribution in [0.25, 0.3) is 0 Å². The van der Waals surface area contributed by atoms with Crippen molar-refractivity contribution >= 4 is 5.97 Å². The normalized spacial score (nSPS) is 10.1. The summed E-state index contributed by atoms with van der Waals surface area (Å²) < 4.78 is 28.5. The van der Waals surface area contributed by atoms with Gasteiger partial charge in [-0.1, -0.05) is 6.07 Å². The molecule has 0 aliphatic rings. The summed E-state index contributed by atoms with van der Waals surface area (Å²) in [5.74, 6) is -2.08. The minimum atomic E-state index is -3.19. The number of alkyl halides is 2. The topological polar surface area (TPSA) is 96.3 Å². The van der Waals surface area contributed by atoms with Gasteiger partial charge in [0.05, 0.1) is 5.56 Å². The minimum absolute atomic E-state index is 0.0988. The van der Waals surface area contributed by atoms with E-state index in [1.807, 2.05) is 0 Å². The number of halogens is 2. The largest absolute Gasteiger partial charge is 0.478 e. The van der Waals surface area contributed by atoms with Crippen LogP contribution in [-0.2, 0) is 6.54 Å². The van der Waals surface area contributed by atoms with E-state index in [9.17, 15) is 13.6 Å². The molecule has 3 N–H and O–H groups in total. The summed E-state index contributed by atoms with van der Waals surface area (Å²) in [5, 5.41) is 17.6. The Hall–Kier alpha value is -2.20. The molecule has 0 unspecified atom stereocenters. The standard InChI is InChI=1S/C10H8F2N2O3/c11-10(12)17-8-6(4-14)2-1-5(3-13)7(8)9(15)16/h1-2,10H,4,14H2,(H,15,16). The maximum atomic E-state index is 12.2. The Morgan fingerprint density at radius 3 is 2.65 bits per heavy atom. The predicted octanol–water partition coefficient (Wildman–Crippen LogP) is 1.32. The van der Waals surface area contributed by atoms with Crippen LogP contribution in [-0.4, -0.2) is 17.7 Å². The number of hydrogen-bond acceptors (Lipinski definition) is 4. The van der Waals surface area contributed by atoms with Gasteiger partial charge in [0.15, 0.2) is 0 Å². The van der Waals surface area contributed by atoms with Crippen molar-refractivity contribution in [1.82, 2.24) is 0 Å². The van der Waals surface area contributed by atoms with Crippen molar-refractivity contribution < 1.29 is 23.4 Å². The quantitative estimate of drug-likeness (QED) is 0.829. The third kappa shape index (κ3) is 2.68. The number of ether oxygens (including phenoxy) is 1. The number of carboxylic acids is 1. The van der Waals surface area contributed by atoms with Gasteiger partial charge < -0.3 is 15.6 Å². The first-order valence-corrected chi connectivity index (χ1v) is 4.45. The maximum Gasteiger partial charge on any atom is 0.387 e. The van der Waals surface area contributed by atoms with E-state index in [4.69, 9.17) is 16.1 Å². The fourth-order valence-corrected chi connectivity index (χ4v) is 1.32. The molecular weight excluding hydrogens is 234 g/mol. The summed E-state index contributed by atoms with van der Waals surface area (Å²) in [7, 11) is 0. The van der Waals surface area contributed by atoms with Crippen molar-refractivity contribution in [1.29, 1.82) is 5.26 Å². The van der Waals surface area contributed by atoms with Crippen molar-refractivity contribution in [3.05, 3.63) is 28.8 Å². The molecule has 0 bridgehead atoms. The fraction of sp³-hybridized carbons (Fsp3) is 0.200. The summed E-state index contributed by atoms with van der Waals surface area (Å²) in [5.41, 5.74) is 4.52. The van der Waals surface area contributed by atoms with Crippen LogP contribution in [0.2, 0.25) is 0 Å². The fourth-order valence-electron chi connectivity index (χ4n) is 1.32. The molecule has 0 radical (unpaired) electrons.